The molecule has 8 nitrogen and oxygen atoms in total. The fourth-order valence-electron chi connectivity index (χ4n) is 3.91. The van der Waals surface area contributed by atoms with E-state index < -0.39 is 5.82 Å². The number of benzene rings is 2. The van der Waals surface area contributed by atoms with Gasteiger partial charge >= 0.3 is 0 Å². The number of amides is 3. The number of anilines is 3. The SMILES string of the molecule is Cc1[nH]c(/C=C2\C(=O)Nc3ccc(F)cc32)c(C)c1C(=O)NCCC(=O)Nc1ccccc1N. The Labute approximate surface area is 195 Å². The zero-order valence-electron chi connectivity index (χ0n) is 18.7. The summed E-state index contributed by atoms with van der Waals surface area (Å²) in [4.78, 5) is 40.5. The van der Waals surface area contributed by atoms with Gasteiger partial charge in [-0.2, -0.15) is 0 Å². The molecule has 0 unspecified atom stereocenters. The highest BCUT2D eigenvalue weighted by Crippen LogP contribution is 2.34. The summed E-state index contributed by atoms with van der Waals surface area (Å²) in [6.45, 7) is 3.64. The first kappa shape index (κ1) is 22.8. The molecule has 1 aliphatic rings. The summed E-state index contributed by atoms with van der Waals surface area (Å²) in [6.07, 6.45) is 1.68. The summed E-state index contributed by atoms with van der Waals surface area (Å²) < 4.78 is 13.7. The van der Waals surface area contributed by atoms with E-state index in [0.717, 1.165) is 0 Å². The lowest BCUT2D eigenvalue weighted by atomic mass is 10.0. The number of fused-ring (bicyclic) bond motifs is 1. The normalized spacial score (nSPS) is 13.5. The summed E-state index contributed by atoms with van der Waals surface area (Å²) in [6, 6.07) is 11.0. The Kier molecular flexibility index (Phi) is 6.18. The van der Waals surface area contributed by atoms with Crippen molar-refractivity contribution in [2.75, 3.05) is 22.9 Å². The molecule has 0 bridgehead atoms. The number of aromatic amines is 1. The summed E-state index contributed by atoms with van der Waals surface area (Å²) >= 11 is 0. The largest absolute Gasteiger partial charge is 0.397 e. The average Bonchev–Trinajstić information content (AvgIpc) is 3.24. The van der Waals surface area contributed by atoms with Crippen molar-refractivity contribution in [3.05, 3.63) is 76.4 Å². The van der Waals surface area contributed by atoms with E-state index in [1.54, 1.807) is 44.2 Å². The van der Waals surface area contributed by atoms with Gasteiger partial charge in [0.25, 0.3) is 11.8 Å². The van der Waals surface area contributed by atoms with E-state index in [1.807, 2.05) is 0 Å². The van der Waals surface area contributed by atoms with E-state index in [0.29, 0.717) is 50.7 Å². The van der Waals surface area contributed by atoms with Gasteiger partial charge in [0.15, 0.2) is 0 Å². The van der Waals surface area contributed by atoms with Crippen LogP contribution in [0.25, 0.3) is 11.6 Å². The fourth-order valence-corrected chi connectivity index (χ4v) is 3.91. The third-order valence-corrected chi connectivity index (χ3v) is 5.63. The summed E-state index contributed by atoms with van der Waals surface area (Å²) in [5, 5.41) is 8.17. The number of nitrogens with one attached hydrogen (secondary N) is 4. The van der Waals surface area contributed by atoms with Crippen LogP contribution in [-0.4, -0.2) is 29.3 Å². The van der Waals surface area contributed by atoms with Gasteiger partial charge in [-0.1, -0.05) is 12.1 Å². The first-order chi connectivity index (χ1) is 16.2. The second-order valence-electron chi connectivity index (χ2n) is 8.01. The standard InChI is InChI=1S/C25H24FN5O3/c1-13-21(12-17-16-11-15(26)7-8-19(16)31-24(17)33)29-14(2)23(13)25(34)28-10-9-22(32)30-20-6-4-3-5-18(20)27/h3-8,11-12,29H,9-10,27H2,1-2H3,(H,28,34)(H,30,32)(H,31,33)/b17-12-. The van der Waals surface area contributed by atoms with Crippen LogP contribution in [0.2, 0.25) is 0 Å². The Balaban J connectivity index is 1.45. The quantitative estimate of drug-likeness (QED) is 0.284. The lowest BCUT2D eigenvalue weighted by molar-refractivity contribution is -0.116. The lowest BCUT2D eigenvalue weighted by Gasteiger charge is -2.09. The van der Waals surface area contributed by atoms with Crippen molar-refractivity contribution in [1.29, 1.82) is 0 Å². The minimum absolute atomic E-state index is 0.0714. The van der Waals surface area contributed by atoms with Crippen molar-refractivity contribution < 1.29 is 18.8 Å². The smallest absolute Gasteiger partial charge is 0.256 e. The number of carbonyl (C=O) groups excluding carboxylic acids is 3. The molecule has 0 radical (unpaired) electrons. The molecule has 0 spiro atoms. The van der Waals surface area contributed by atoms with Crippen LogP contribution in [0.4, 0.5) is 21.5 Å². The number of hydrogen-bond acceptors (Lipinski definition) is 4. The van der Waals surface area contributed by atoms with Crippen LogP contribution in [0.1, 0.15) is 39.3 Å². The van der Waals surface area contributed by atoms with Gasteiger partial charge in [0.1, 0.15) is 5.82 Å². The number of aryl methyl sites for hydroxylation is 1. The van der Waals surface area contributed by atoms with Crippen molar-refractivity contribution >= 4 is 46.4 Å². The highest BCUT2D eigenvalue weighted by Gasteiger charge is 2.26. The minimum atomic E-state index is -0.445. The first-order valence-corrected chi connectivity index (χ1v) is 10.7. The third-order valence-electron chi connectivity index (χ3n) is 5.63. The van der Waals surface area contributed by atoms with Crippen molar-refractivity contribution in [2.24, 2.45) is 0 Å². The maximum atomic E-state index is 13.7. The Hall–Kier alpha value is -4.40. The Morgan fingerprint density at radius 2 is 1.91 bits per heavy atom. The Morgan fingerprint density at radius 1 is 1.15 bits per heavy atom. The van der Waals surface area contributed by atoms with E-state index in [4.69, 9.17) is 5.73 Å². The second kappa shape index (κ2) is 9.22. The molecule has 0 atom stereocenters. The van der Waals surface area contributed by atoms with E-state index in [9.17, 15) is 18.8 Å². The van der Waals surface area contributed by atoms with Crippen LogP contribution in [0.5, 0.6) is 0 Å². The van der Waals surface area contributed by atoms with Crippen LogP contribution >= 0.6 is 0 Å². The molecule has 2 aromatic carbocycles. The zero-order chi connectivity index (χ0) is 24.4. The number of H-pyrrole nitrogens is 1. The number of para-hydroxylation sites is 2. The Morgan fingerprint density at radius 3 is 2.68 bits per heavy atom. The van der Waals surface area contributed by atoms with E-state index in [1.165, 1.54) is 18.2 Å². The number of rotatable bonds is 6. The zero-order valence-corrected chi connectivity index (χ0v) is 18.7. The van der Waals surface area contributed by atoms with E-state index >= 15 is 0 Å². The van der Waals surface area contributed by atoms with Crippen LogP contribution in [0.3, 0.4) is 0 Å². The van der Waals surface area contributed by atoms with Gasteiger partial charge in [-0.15, -0.1) is 0 Å². The highest BCUT2D eigenvalue weighted by molar-refractivity contribution is 6.34. The molecule has 3 amide bonds. The van der Waals surface area contributed by atoms with Crippen molar-refractivity contribution in [3.8, 4) is 0 Å². The van der Waals surface area contributed by atoms with Crippen LogP contribution in [0.15, 0.2) is 42.5 Å². The van der Waals surface area contributed by atoms with Gasteiger partial charge < -0.3 is 26.7 Å². The number of carbonyl (C=O) groups is 3. The molecule has 3 aromatic rings. The molecule has 4 rings (SSSR count). The van der Waals surface area contributed by atoms with Crippen molar-refractivity contribution in [2.45, 2.75) is 20.3 Å². The number of aromatic nitrogens is 1. The predicted molar refractivity (Wildman–Crippen MR) is 130 cm³/mol. The molecule has 1 aliphatic heterocycles. The molecule has 2 heterocycles. The maximum absolute atomic E-state index is 13.7. The molecule has 174 valence electrons. The molecule has 0 saturated carbocycles. The number of nitrogens with two attached hydrogens (primary N) is 1. The topological polar surface area (TPSA) is 129 Å². The van der Waals surface area contributed by atoms with Crippen molar-refractivity contribution in [1.82, 2.24) is 10.3 Å². The first-order valence-electron chi connectivity index (χ1n) is 10.7. The molecule has 0 saturated heterocycles. The van der Waals surface area contributed by atoms with Gasteiger partial charge in [0.05, 0.1) is 22.5 Å². The molecule has 9 heteroatoms. The number of halogens is 1. The van der Waals surface area contributed by atoms with E-state index in [2.05, 4.69) is 20.9 Å². The van der Waals surface area contributed by atoms with Crippen LogP contribution < -0.4 is 21.7 Å². The summed E-state index contributed by atoms with van der Waals surface area (Å²) in [5.41, 5.74) is 10.4. The maximum Gasteiger partial charge on any atom is 0.256 e. The summed E-state index contributed by atoms with van der Waals surface area (Å²) in [7, 11) is 0. The van der Waals surface area contributed by atoms with Gasteiger partial charge in [0, 0.05) is 35.6 Å². The molecular weight excluding hydrogens is 437 g/mol. The molecule has 0 aliphatic carbocycles. The molecule has 34 heavy (non-hydrogen) atoms. The number of nitrogen functional groups attached to an aromatic ring is 1. The fraction of sp³-hybridized carbons (Fsp3) is 0.160. The Bertz CT molecular complexity index is 1340. The van der Waals surface area contributed by atoms with Gasteiger partial charge in [-0.3, -0.25) is 14.4 Å². The van der Waals surface area contributed by atoms with Crippen molar-refractivity contribution in [3.63, 3.8) is 0 Å². The molecular formula is C25H24FN5O3. The summed E-state index contributed by atoms with van der Waals surface area (Å²) in [5.74, 6) is -1.41. The molecule has 0 fully saturated rings. The molecule has 6 N–H and O–H groups in total. The minimum Gasteiger partial charge on any atom is -0.397 e. The van der Waals surface area contributed by atoms with E-state index in [-0.39, 0.29) is 30.7 Å². The highest BCUT2D eigenvalue weighted by atomic mass is 19.1. The van der Waals surface area contributed by atoms with Crippen LogP contribution in [0, 0.1) is 19.7 Å². The number of hydrogen-bond donors (Lipinski definition) is 5. The average molecular weight is 461 g/mol. The second-order valence-corrected chi connectivity index (χ2v) is 8.01. The van der Waals surface area contributed by atoms with Gasteiger partial charge in [0.2, 0.25) is 5.91 Å². The third kappa shape index (κ3) is 4.54. The van der Waals surface area contributed by atoms with Crippen LogP contribution in [-0.2, 0) is 9.59 Å². The lowest BCUT2D eigenvalue weighted by Crippen LogP contribution is -2.28. The van der Waals surface area contributed by atoms with Gasteiger partial charge in [-0.25, -0.2) is 4.39 Å². The predicted octanol–water partition coefficient (Wildman–Crippen LogP) is 3.60. The molecule has 1 aromatic heterocycles. The van der Waals surface area contributed by atoms with Gasteiger partial charge in [-0.05, 0) is 55.8 Å². The monoisotopic (exact) mass is 461 g/mol.